The summed E-state index contributed by atoms with van der Waals surface area (Å²) in [5, 5.41) is 11.6. The van der Waals surface area contributed by atoms with Crippen LogP contribution in [0.2, 0.25) is 0 Å². The van der Waals surface area contributed by atoms with Crippen molar-refractivity contribution in [2.75, 3.05) is 42.9 Å². The van der Waals surface area contributed by atoms with Crippen LogP contribution in [0.3, 0.4) is 0 Å². The largest absolute Gasteiger partial charge is 0.480 e. The van der Waals surface area contributed by atoms with Gasteiger partial charge in [0.05, 0.1) is 6.54 Å². The molecule has 1 amide bonds. The number of carboxylic acids is 1. The van der Waals surface area contributed by atoms with Gasteiger partial charge in [0.2, 0.25) is 0 Å². The van der Waals surface area contributed by atoms with E-state index in [1.807, 2.05) is 29.2 Å². The van der Waals surface area contributed by atoms with Crippen molar-refractivity contribution in [1.82, 2.24) is 4.90 Å². The second-order valence-electron chi connectivity index (χ2n) is 6.56. The van der Waals surface area contributed by atoms with Gasteiger partial charge in [0.1, 0.15) is 0 Å². The fraction of sp³-hybridized carbons (Fsp3) is 0.474. The summed E-state index contributed by atoms with van der Waals surface area (Å²) in [7, 11) is 0. The van der Waals surface area contributed by atoms with Gasteiger partial charge in [-0.1, -0.05) is 12.3 Å². The highest BCUT2D eigenvalue weighted by molar-refractivity contribution is 6.04. The SMILES string of the molecule is O=C(O)CN1CCN(c2ccc(NC(=O)C#CC3CCC3)cc2)CC1. The highest BCUT2D eigenvalue weighted by Crippen LogP contribution is 2.25. The van der Waals surface area contributed by atoms with Crippen LogP contribution in [0.1, 0.15) is 19.3 Å². The highest BCUT2D eigenvalue weighted by atomic mass is 16.4. The number of aliphatic carboxylic acids is 1. The quantitative estimate of drug-likeness (QED) is 0.815. The minimum Gasteiger partial charge on any atom is -0.480 e. The van der Waals surface area contributed by atoms with Crippen molar-refractivity contribution in [3.05, 3.63) is 24.3 Å². The molecule has 1 aromatic rings. The maximum atomic E-state index is 11.8. The maximum absolute atomic E-state index is 11.8. The van der Waals surface area contributed by atoms with Crippen LogP contribution in [0.4, 0.5) is 11.4 Å². The molecule has 0 aromatic heterocycles. The summed E-state index contributed by atoms with van der Waals surface area (Å²) < 4.78 is 0. The summed E-state index contributed by atoms with van der Waals surface area (Å²) in [6.45, 7) is 3.17. The minimum absolute atomic E-state index is 0.0979. The Hall–Kier alpha value is -2.52. The second-order valence-corrected chi connectivity index (χ2v) is 6.56. The predicted molar refractivity (Wildman–Crippen MR) is 96.5 cm³/mol. The molecule has 1 saturated carbocycles. The average Bonchev–Trinajstić information content (AvgIpc) is 2.54. The average molecular weight is 341 g/mol. The number of benzene rings is 1. The summed E-state index contributed by atoms with van der Waals surface area (Å²) in [6.07, 6.45) is 3.43. The van der Waals surface area contributed by atoms with Gasteiger partial charge in [0, 0.05) is 43.5 Å². The number of anilines is 2. The molecule has 1 aliphatic carbocycles. The fourth-order valence-corrected chi connectivity index (χ4v) is 2.99. The number of rotatable bonds is 4. The smallest absolute Gasteiger partial charge is 0.317 e. The summed E-state index contributed by atoms with van der Waals surface area (Å²) >= 11 is 0. The van der Waals surface area contributed by atoms with Gasteiger partial charge in [0.15, 0.2) is 0 Å². The summed E-state index contributed by atoms with van der Waals surface area (Å²) in [4.78, 5) is 26.7. The van der Waals surface area contributed by atoms with E-state index in [2.05, 4.69) is 22.1 Å². The molecule has 132 valence electrons. The Bertz CT molecular complexity index is 678. The summed E-state index contributed by atoms with van der Waals surface area (Å²) in [6, 6.07) is 7.70. The molecule has 2 N–H and O–H groups in total. The lowest BCUT2D eigenvalue weighted by Gasteiger charge is -2.35. The lowest BCUT2D eigenvalue weighted by atomic mass is 9.86. The second kappa shape index (κ2) is 8.04. The first kappa shape index (κ1) is 17.3. The Morgan fingerprint density at radius 1 is 1.12 bits per heavy atom. The summed E-state index contributed by atoms with van der Waals surface area (Å²) in [5.74, 6) is 5.02. The number of nitrogens with zero attached hydrogens (tertiary/aromatic N) is 2. The number of amides is 1. The molecule has 1 saturated heterocycles. The van der Waals surface area contributed by atoms with E-state index >= 15 is 0 Å². The minimum atomic E-state index is -0.783. The molecule has 1 heterocycles. The summed E-state index contributed by atoms with van der Waals surface area (Å²) in [5.41, 5.74) is 1.81. The number of carbonyl (C=O) groups excluding carboxylic acids is 1. The van der Waals surface area contributed by atoms with E-state index < -0.39 is 5.97 Å². The van der Waals surface area contributed by atoms with Gasteiger partial charge in [-0.2, -0.15) is 0 Å². The van der Waals surface area contributed by atoms with Crippen LogP contribution in [0.5, 0.6) is 0 Å². The molecule has 25 heavy (non-hydrogen) atoms. The van der Waals surface area contributed by atoms with Gasteiger partial charge in [-0.25, -0.2) is 0 Å². The van der Waals surface area contributed by atoms with Gasteiger partial charge >= 0.3 is 5.97 Å². The number of hydrogen-bond acceptors (Lipinski definition) is 4. The molecule has 0 atom stereocenters. The molecular formula is C19H23N3O3. The van der Waals surface area contributed by atoms with Crippen molar-refractivity contribution in [3.8, 4) is 11.8 Å². The van der Waals surface area contributed by atoms with E-state index in [4.69, 9.17) is 5.11 Å². The van der Waals surface area contributed by atoms with Crippen molar-refractivity contribution in [1.29, 1.82) is 0 Å². The predicted octanol–water partition coefficient (Wildman–Crippen LogP) is 1.64. The van der Waals surface area contributed by atoms with Crippen LogP contribution < -0.4 is 10.2 Å². The zero-order chi connectivity index (χ0) is 17.6. The zero-order valence-electron chi connectivity index (χ0n) is 14.2. The number of nitrogens with one attached hydrogen (secondary N) is 1. The van der Waals surface area contributed by atoms with E-state index in [1.165, 1.54) is 6.42 Å². The van der Waals surface area contributed by atoms with E-state index in [0.29, 0.717) is 5.92 Å². The Morgan fingerprint density at radius 3 is 2.36 bits per heavy atom. The Kier molecular flexibility index (Phi) is 5.56. The van der Waals surface area contributed by atoms with Crippen LogP contribution >= 0.6 is 0 Å². The molecule has 3 rings (SSSR count). The Labute approximate surface area is 147 Å². The Morgan fingerprint density at radius 2 is 1.80 bits per heavy atom. The number of piperazine rings is 1. The maximum Gasteiger partial charge on any atom is 0.317 e. The fourth-order valence-electron chi connectivity index (χ4n) is 2.99. The van der Waals surface area contributed by atoms with Crippen LogP contribution in [0.25, 0.3) is 0 Å². The van der Waals surface area contributed by atoms with Crippen LogP contribution in [0.15, 0.2) is 24.3 Å². The molecular weight excluding hydrogens is 318 g/mol. The number of carbonyl (C=O) groups is 2. The number of hydrogen-bond donors (Lipinski definition) is 2. The van der Waals surface area contributed by atoms with Crippen LogP contribution in [-0.2, 0) is 9.59 Å². The number of carboxylic acid groups (broad SMARTS) is 1. The van der Waals surface area contributed by atoms with Gasteiger partial charge < -0.3 is 15.3 Å². The van der Waals surface area contributed by atoms with Crippen LogP contribution in [-0.4, -0.2) is 54.6 Å². The first-order chi connectivity index (χ1) is 12.1. The molecule has 0 spiro atoms. The Balaban J connectivity index is 1.49. The van der Waals surface area contributed by atoms with E-state index in [0.717, 1.165) is 50.4 Å². The third-order valence-corrected chi connectivity index (χ3v) is 4.72. The molecule has 2 fully saturated rings. The third kappa shape index (κ3) is 4.97. The molecule has 1 aromatic carbocycles. The van der Waals surface area contributed by atoms with E-state index in [9.17, 15) is 9.59 Å². The topological polar surface area (TPSA) is 72.9 Å². The van der Waals surface area contributed by atoms with Crippen LogP contribution in [0, 0.1) is 17.8 Å². The van der Waals surface area contributed by atoms with E-state index in [1.54, 1.807) is 0 Å². The van der Waals surface area contributed by atoms with Crippen molar-refractivity contribution in [2.45, 2.75) is 19.3 Å². The van der Waals surface area contributed by atoms with Gasteiger partial charge in [-0.05, 0) is 43.0 Å². The van der Waals surface area contributed by atoms with E-state index in [-0.39, 0.29) is 12.5 Å². The van der Waals surface area contributed by atoms with Gasteiger partial charge in [-0.3, -0.25) is 14.5 Å². The molecule has 6 heteroatoms. The first-order valence-electron chi connectivity index (χ1n) is 8.72. The van der Waals surface area contributed by atoms with Gasteiger partial charge in [0.25, 0.3) is 5.91 Å². The lowest BCUT2D eigenvalue weighted by molar-refractivity contribution is -0.138. The lowest BCUT2D eigenvalue weighted by Crippen LogP contribution is -2.47. The molecule has 0 radical (unpaired) electrons. The molecule has 6 nitrogen and oxygen atoms in total. The van der Waals surface area contributed by atoms with Crippen molar-refractivity contribution in [3.63, 3.8) is 0 Å². The normalized spacial score (nSPS) is 18.0. The van der Waals surface area contributed by atoms with Gasteiger partial charge in [-0.15, -0.1) is 0 Å². The standard InChI is InChI=1S/C19H23N3O3/c23-18(9-4-15-2-1-3-15)20-16-5-7-17(8-6-16)22-12-10-21(11-13-22)14-19(24)25/h5-8,15H,1-3,10-14H2,(H,20,23)(H,24,25). The van der Waals surface area contributed by atoms with Crippen molar-refractivity contribution < 1.29 is 14.7 Å². The van der Waals surface area contributed by atoms with Crippen molar-refractivity contribution >= 4 is 23.3 Å². The molecule has 2 aliphatic rings. The highest BCUT2D eigenvalue weighted by Gasteiger charge is 2.19. The zero-order valence-corrected chi connectivity index (χ0v) is 14.2. The third-order valence-electron chi connectivity index (χ3n) is 4.72. The molecule has 0 unspecified atom stereocenters. The monoisotopic (exact) mass is 341 g/mol. The molecule has 1 aliphatic heterocycles. The first-order valence-corrected chi connectivity index (χ1v) is 8.72. The molecule has 0 bridgehead atoms. The van der Waals surface area contributed by atoms with Crippen molar-refractivity contribution in [2.24, 2.45) is 5.92 Å².